The lowest BCUT2D eigenvalue weighted by Crippen LogP contribution is -2.53. The van der Waals surface area contributed by atoms with Crippen LogP contribution >= 0.6 is 0 Å². The van der Waals surface area contributed by atoms with Crippen LogP contribution < -0.4 is 0 Å². The number of carboxylic acids is 1. The van der Waals surface area contributed by atoms with Crippen molar-refractivity contribution >= 4 is 11.8 Å². The Balaban J connectivity index is 1.61. The van der Waals surface area contributed by atoms with Crippen molar-refractivity contribution in [3.8, 4) is 0 Å². The van der Waals surface area contributed by atoms with Crippen LogP contribution in [0.15, 0.2) is 22.8 Å². The molecule has 0 heterocycles. The molecular weight excluding hydrogens is 408 g/mol. The molecule has 3 heteroatoms. The van der Waals surface area contributed by atoms with E-state index < -0.39 is 5.97 Å². The number of ketones is 1. The number of rotatable bonds is 5. The molecule has 2 saturated carbocycles. The second-order valence-electron chi connectivity index (χ2n) is 13.3. The van der Waals surface area contributed by atoms with Crippen molar-refractivity contribution in [3.05, 3.63) is 22.8 Å². The van der Waals surface area contributed by atoms with Crippen LogP contribution in [0.4, 0.5) is 0 Å². The summed E-state index contributed by atoms with van der Waals surface area (Å²) in [5.74, 6) is 1.47. The Morgan fingerprint density at radius 2 is 1.73 bits per heavy atom. The first kappa shape index (κ1) is 24.7. The van der Waals surface area contributed by atoms with Gasteiger partial charge in [-0.3, -0.25) is 4.79 Å². The zero-order chi connectivity index (χ0) is 24.4. The van der Waals surface area contributed by atoms with E-state index in [1.807, 2.05) is 6.08 Å². The smallest absolute Gasteiger partial charge is 0.330 e. The molecule has 4 aliphatic rings. The quantitative estimate of drug-likeness (QED) is 0.341. The Bertz CT molecular complexity index is 908. The van der Waals surface area contributed by atoms with Gasteiger partial charge < -0.3 is 5.11 Å². The summed E-state index contributed by atoms with van der Waals surface area (Å²) in [5, 5.41) is 9.16. The summed E-state index contributed by atoms with van der Waals surface area (Å²) in [6.07, 6.45) is 13.0. The van der Waals surface area contributed by atoms with Gasteiger partial charge in [-0.2, -0.15) is 0 Å². The maximum absolute atomic E-state index is 12.8. The number of fused-ring (bicyclic) bond motifs is 4. The molecule has 2 fully saturated rings. The van der Waals surface area contributed by atoms with Crippen molar-refractivity contribution < 1.29 is 14.7 Å². The molecule has 184 valence electrons. The first-order chi connectivity index (χ1) is 15.3. The van der Waals surface area contributed by atoms with Gasteiger partial charge >= 0.3 is 5.97 Å². The Hall–Kier alpha value is -1.38. The van der Waals surface area contributed by atoms with Gasteiger partial charge in [-0.05, 0) is 98.7 Å². The van der Waals surface area contributed by atoms with E-state index in [2.05, 4.69) is 41.5 Å². The van der Waals surface area contributed by atoms with Crippen molar-refractivity contribution in [3.63, 3.8) is 0 Å². The second-order valence-corrected chi connectivity index (χ2v) is 13.3. The van der Waals surface area contributed by atoms with E-state index in [1.54, 1.807) is 18.1 Å². The third kappa shape index (κ3) is 3.50. The summed E-state index contributed by atoms with van der Waals surface area (Å²) in [7, 11) is 0. The van der Waals surface area contributed by atoms with Gasteiger partial charge in [0, 0.05) is 17.4 Å². The molecule has 0 aliphatic heterocycles. The summed E-state index contributed by atoms with van der Waals surface area (Å²) in [5.41, 5.74) is 4.58. The van der Waals surface area contributed by atoms with Crippen LogP contribution in [0.25, 0.3) is 0 Å². The molecular formula is C30H46O3. The summed E-state index contributed by atoms with van der Waals surface area (Å²) >= 11 is 0. The van der Waals surface area contributed by atoms with E-state index >= 15 is 0 Å². The van der Waals surface area contributed by atoms with E-state index in [0.29, 0.717) is 34.5 Å². The molecule has 3 nitrogen and oxygen atoms in total. The van der Waals surface area contributed by atoms with Crippen molar-refractivity contribution in [1.29, 1.82) is 0 Å². The summed E-state index contributed by atoms with van der Waals surface area (Å²) in [6, 6.07) is 0. The highest BCUT2D eigenvalue weighted by Crippen LogP contribution is 2.72. The Morgan fingerprint density at radius 1 is 1.03 bits per heavy atom. The van der Waals surface area contributed by atoms with Crippen LogP contribution in [-0.2, 0) is 9.59 Å². The number of aliphatic carboxylic acids is 1. The van der Waals surface area contributed by atoms with Crippen molar-refractivity contribution in [2.45, 2.75) is 113 Å². The van der Waals surface area contributed by atoms with Crippen LogP contribution in [0.2, 0.25) is 0 Å². The monoisotopic (exact) mass is 454 g/mol. The molecule has 0 spiro atoms. The topological polar surface area (TPSA) is 54.4 Å². The third-order valence-electron chi connectivity index (χ3n) is 11.7. The summed E-state index contributed by atoms with van der Waals surface area (Å²) in [6.45, 7) is 16.2. The normalized spacial score (nSPS) is 41.3. The number of carbonyl (C=O) groups excluding carboxylic acids is 1. The Morgan fingerprint density at radius 3 is 2.39 bits per heavy atom. The summed E-state index contributed by atoms with van der Waals surface area (Å²) < 4.78 is 0. The molecule has 0 aromatic carbocycles. The molecule has 0 aromatic heterocycles. The first-order valence-electron chi connectivity index (χ1n) is 13.5. The highest BCUT2D eigenvalue weighted by Gasteiger charge is 2.63. The number of hydrogen-bond donors (Lipinski definition) is 1. The van der Waals surface area contributed by atoms with Gasteiger partial charge in [0.25, 0.3) is 0 Å². The van der Waals surface area contributed by atoms with Gasteiger partial charge in [-0.25, -0.2) is 4.79 Å². The Labute approximate surface area is 201 Å². The van der Waals surface area contributed by atoms with Crippen LogP contribution in [0.5, 0.6) is 0 Å². The van der Waals surface area contributed by atoms with Crippen LogP contribution in [0.1, 0.15) is 113 Å². The SMILES string of the molecule is C/C(=C/CC[C@@H](C)[C@H]1CC[C@@]2(C)C3=C(CC[C@]12C)[C@@]1(C)CCC(=O)C(C)(C)[C@@H]1CC3)C(=O)O. The van der Waals surface area contributed by atoms with E-state index in [1.165, 1.54) is 38.5 Å². The predicted octanol–water partition coefficient (Wildman–Crippen LogP) is 7.75. The molecule has 0 amide bonds. The fraction of sp³-hybridized carbons (Fsp3) is 0.800. The minimum Gasteiger partial charge on any atom is -0.478 e. The lowest BCUT2D eigenvalue weighted by atomic mass is 9.43. The minimum atomic E-state index is -0.800. The molecule has 6 atom stereocenters. The molecule has 0 bridgehead atoms. The number of Topliss-reactive ketones (excluding diaryl/α,β-unsaturated/α-hetero) is 1. The second kappa shape index (κ2) is 8.09. The third-order valence-corrected chi connectivity index (χ3v) is 11.7. The molecule has 0 unspecified atom stereocenters. The maximum atomic E-state index is 12.8. The van der Waals surface area contributed by atoms with Gasteiger partial charge in [-0.15, -0.1) is 0 Å². The number of carbonyl (C=O) groups is 2. The van der Waals surface area contributed by atoms with Gasteiger partial charge in [0.05, 0.1) is 0 Å². The number of hydrogen-bond acceptors (Lipinski definition) is 2. The predicted molar refractivity (Wildman–Crippen MR) is 134 cm³/mol. The van der Waals surface area contributed by atoms with Crippen molar-refractivity contribution in [2.75, 3.05) is 0 Å². The lowest BCUT2D eigenvalue weighted by molar-refractivity contribution is -0.139. The molecule has 4 aliphatic carbocycles. The van der Waals surface area contributed by atoms with Gasteiger partial charge in [0.1, 0.15) is 5.78 Å². The minimum absolute atomic E-state index is 0.193. The average Bonchev–Trinajstić information content (AvgIpc) is 3.02. The van der Waals surface area contributed by atoms with E-state index in [4.69, 9.17) is 5.11 Å². The van der Waals surface area contributed by atoms with E-state index in [9.17, 15) is 9.59 Å². The lowest BCUT2D eigenvalue weighted by Gasteiger charge is -2.61. The zero-order valence-corrected chi connectivity index (χ0v) is 22.1. The standard InChI is InChI=1S/C30H46O3/c1-19(9-8-10-20(2)26(32)33)21-13-17-30(7)23-11-12-24-27(3,4)25(31)15-16-28(24,5)22(23)14-18-29(21,30)6/h10,19,21,24H,8-9,11-18H2,1-7H3,(H,32,33)/b20-10-/t19-,21-,24+,28-,29-,30+/m1/s1. The number of carboxylic acid groups (broad SMARTS) is 1. The Kier molecular flexibility index (Phi) is 6.07. The largest absolute Gasteiger partial charge is 0.478 e. The molecule has 33 heavy (non-hydrogen) atoms. The highest BCUT2D eigenvalue weighted by atomic mass is 16.4. The van der Waals surface area contributed by atoms with E-state index in [0.717, 1.165) is 25.7 Å². The van der Waals surface area contributed by atoms with Crippen LogP contribution in [0.3, 0.4) is 0 Å². The van der Waals surface area contributed by atoms with Crippen molar-refractivity contribution in [2.24, 2.45) is 39.4 Å². The molecule has 0 aromatic rings. The fourth-order valence-electron chi connectivity index (χ4n) is 9.29. The fourth-order valence-corrected chi connectivity index (χ4v) is 9.29. The molecule has 0 radical (unpaired) electrons. The van der Waals surface area contributed by atoms with Crippen molar-refractivity contribution in [1.82, 2.24) is 0 Å². The zero-order valence-electron chi connectivity index (χ0n) is 22.1. The maximum Gasteiger partial charge on any atom is 0.330 e. The summed E-state index contributed by atoms with van der Waals surface area (Å²) in [4.78, 5) is 23.9. The molecule has 4 rings (SSSR count). The average molecular weight is 455 g/mol. The molecule has 0 saturated heterocycles. The van der Waals surface area contributed by atoms with Gasteiger partial charge in [0.2, 0.25) is 0 Å². The highest BCUT2D eigenvalue weighted by molar-refractivity contribution is 5.86. The van der Waals surface area contributed by atoms with Gasteiger partial charge in [0.15, 0.2) is 0 Å². The van der Waals surface area contributed by atoms with Gasteiger partial charge in [-0.1, -0.05) is 58.8 Å². The number of allylic oxidation sites excluding steroid dienone is 3. The van der Waals surface area contributed by atoms with Crippen LogP contribution in [-0.4, -0.2) is 16.9 Å². The van der Waals surface area contributed by atoms with E-state index in [-0.39, 0.29) is 16.2 Å². The first-order valence-corrected chi connectivity index (χ1v) is 13.5. The van der Waals surface area contributed by atoms with Crippen LogP contribution in [0, 0.1) is 39.4 Å². The molecule has 1 N–H and O–H groups in total.